The molecule has 0 unspecified atom stereocenters. The van der Waals surface area contributed by atoms with Crippen LogP contribution >= 0.6 is 22.6 Å². The highest BCUT2D eigenvalue weighted by Gasteiger charge is 2.27. The van der Waals surface area contributed by atoms with Gasteiger partial charge in [0.1, 0.15) is 12.2 Å². The Hall–Kier alpha value is -2.88. The molecular formula is C20H17IN2O5. The van der Waals surface area contributed by atoms with Crippen LogP contribution in [-0.4, -0.2) is 25.0 Å². The summed E-state index contributed by atoms with van der Waals surface area (Å²) in [6.07, 6.45) is 1.39. The van der Waals surface area contributed by atoms with Crippen molar-refractivity contribution in [3.05, 3.63) is 62.2 Å². The van der Waals surface area contributed by atoms with Crippen LogP contribution in [0.3, 0.4) is 0 Å². The lowest BCUT2D eigenvalue weighted by Gasteiger charge is -2.16. The molecule has 1 heterocycles. The highest BCUT2D eigenvalue weighted by Crippen LogP contribution is 2.35. The number of carbonyl (C=O) groups is 3. The van der Waals surface area contributed by atoms with Crippen LogP contribution in [0.15, 0.2) is 42.0 Å². The molecule has 144 valence electrons. The lowest BCUT2D eigenvalue weighted by Crippen LogP contribution is -2.51. The summed E-state index contributed by atoms with van der Waals surface area (Å²) in [5, 5.41) is 4.08. The average molecular weight is 492 g/mol. The van der Waals surface area contributed by atoms with Gasteiger partial charge >= 0.3 is 6.03 Å². The Morgan fingerprint density at radius 2 is 1.79 bits per heavy atom. The maximum Gasteiger partial charge on any atom is 0.328 e. The Morgan fingerprint density at radius 3 is 2.43 bits per heavy atom. The van der Waals surface area contributed by atoms with Gasteiger partial charge in [0.15, 0.2) is 11.5 Å². The second-order valence-electron chi connectivity index (χ2n) is 6.11. The van der Waals surface area contributed by atoms with E-state index in [9.17, 15) is 14.4 Å². The SMILES string of the molecule is COc1cc(C=C2C(=O)NC(=O)NC2=O)cc(I)c1OCc1cccc(C)c1. The molecule has 0 aromatic heterocycles. The topological polar surface area (TPSA) is 93.7 Å². The first-order valence-corrected chi connectivity index (χ1v) is 9.39. The fourth-order valence-corrected chi connectivity index (χ4v) is 3.47. The molecule has 28 heavy (non-hydrogen) atoms. The largest absolute Gasteiger partial charge is 0.493 e. The monoisotopic (exact) mass is 492 g/mol. The molecule has 3 rings (SSSR count). The smallest absolute Gasteiger partial charge is 0.328 e. The second kappa shape index (κ2) is 8.42. The number of urea groups is 1. The van der Waals surface area contributed by atoms with E-state index in [-0.39, 0.29) is 5.57 Å². The van der Waals surface area contributed by atoms with Crippen LogP contribution in [0.4, 0.5) is 4.79 Å². The number of nitrogens with one attached hydrogen (secondary N) is 2. The Balaban J connectivity index is 1.87. The molecule has 0 spiro atoms. The standard InChI is InChI=1S/C20H17IN2O5/c1-11-4-3-5-12(6-11)10-28-17-15(21)8-13(9-16(17)27-2)7-14-18(24)22-20(26)23-19(14)25/h3-9H,10H2,1-2H3,(H2,22,23,24,25,26). The summed E-state index contributed by atoms with van der Waals surface area (Å²) in [4.78, 5) is 34.9. The third kappa shape index (κ3) is 4.50. The van der Waals surface area contributed by atoms with Crippen molar-refractivity contribution < 1.29 is 23.9 Å². The highest BCUT2D eigenvalue weighted by atomic mass is 127. The summed E-state index contributed by atoms with van der Waals surface area (Å²) in [6, 6.07) is 10.6. The Kier molecular flexibility index (Phi) is 5.98. The summed E-state index contributed by atoms with van der Waals surface area (Å²) in [7, 11) is 1.51. The molecule has 7 nitrogen and oxygen atoms in total. The third-order valence-electron chi connectivity index (χ3n) is 3.97. The van der Waals surface area contributed by atoms with E-state index in [0.29, 0.717) is 23.7 Å². The normalized spacial score (nSPS) is 13.7. The number of aryl methyl sites for hydroxylation is 1. The third-order valence-corrected chi connectivity index (χ3v) is 4.77. The lowest BCUT2D eigenvalue weighted by atomic mass is 10.1. The van der Waals surface area contributed by atoms with Gasteiger partial charge in [-0.25, -0.2) is 4.79 Å². The first-order chi connectivity index (χ1) is 13.4. The molecule has 1 saturated heterocycles. The number of halogens is 1. The van der Waals surface area contributed by atoms with E-state index < -0.39 is 17.8 Å². The minimum Gasteiger partial charge on any atom is -0.493 e. The Morgan fingerprint density at radius 1 is 1.07 bits per heavy atom. The minimum absolute atomic E-state index is 0.161. The highest BCUT2D eigenvalue weighted by molar-refractivity contribution is 14.1. The number of ether oxygens (including phenoxy) is 2. The molecule has 1 aliphatic rings. The number of hydrogen-bond donors (Lipinski definition) is 2. The first-order valence-electron chi connectivity index (χ1n) is 8.31. The molecule has 0 bridgehead atoms. The molecule has 0 radical (unpaired) electrons. The quantitative estimate of drug-likeness (QED) is 0.381. The zero-order valence-electron chi connectivity index (χ0n) is 15.2. The summed E-state index contributed by atoms with van der Waals surface area (Å²) in [5.41, 5.74) is 2.58. The van der Waals surface area contributed by atoms with Gasteiger partial charge in [-0.05, 0) is 58.9 Å². The van der Waals surface area contributed by atoms with E-state index in [1.807, 2.05) is 41.8 Å². The fraction of sp³-hybridized carbons (Fsp3) is 0.150. The molecule has 1 aliphatic heterocycles. The van der Waals surface area contributed by atoms with Gasteiger partial charge in [0.25, 0.3) is 11.8 Å². The zero-order valence-corrected chi connectivity index (χ0v) is 17.3. The minimum atomic E-state index is -0.834. The number of hydrogen-bond acceptors (Lipinski definition) is 5. The molecule has 8 heteroatoms. The van der Waals surface area contributed by atoms with Gasteiger partial charge < -0.3 is 9.47 Å². The van der Waals surface area contributed by atoms with Crippen LogP contribution in [0.25, 0.3) is 6.08 Å². The second-order valence-corrected chi connectivity index (χ2v) is 7.27. The number of barbiturate groups is 1. The summed E-state index contributed by atoms with van der Waals surface area (Å²) in [6.45, 7) is 2.39. The van der Waals surface area contributed by atoms with Gasteiger partial charge in [-0.1, -0.05) is 29.8 Å². The van der Waals surface area contributed by atoms with Crippen molar-refractivity contribution in [3.63, 3.8) is 0 Å². The fourth-order valence-electron chi connectivity index (χ4n) is 2.69. The molecule has 1 fully saturated rings. The maximum atomic E-state index is 11.9. The van der Waals surface area contributed by atoms with Gasteiger partial charge in [-0.2, -0.15) is 0 Å². The van der Waals surface area contributed by atoms with Gasteiger partial charge in [0.05, 0.1) is 10.7 Å². The van der Waals surface area contributed by atoms with Crippen LogP contribution in [0.2, 0.25) is 0 Å². The molecule has 2 aromatic carbocycles. The summed E-state index contributed by atoms with van der Waals surface area (Å²) >= 11 is 2.10. The number of rotatable bonds is 5. The van der Waals surface area contributed by atoms with Crippen molar-refractivity contribution in [2.45, 2.75) is 13.5 Å². The van der Waals surface area contributed by atoms with E-state index in [2.05, 4.69) is 22.6 Å². The number of carbonyl (C=O) groups excluding carboxylic acids is 3. The molecule has 0 saturated carbocycles. The number of benzene rings is 2. The lowest BCUT2D eigenvalue weighted by molar-refractivity contribution is -0.123. The first kappa shape index (κ1) is 19.9. The van der Waals surface area contributed by atoms with Crippen molar-refractivity contribution in [2.75, 3.05) is 7.11 Å². The van der Waals surface area contributed by atoms with Crippen molar-refractivity contribution in [3.8, 4) is 11.5 Å². The molecular weight excluding hydrogens is 475 g/mol. The van der Waals surface area contributed by atoms with E-state index in [0.717, 1.165) is 14.7 Å². The van der Waals surface area contributed by atoms with Crippen LogP contribution in [0.1, 0.15) is 16.7 Å². The van der Waals surface area contributed by atoms with Crippen LogP contribution in [-0.2, 0) is 16.2 Å². The van der Waals surface area contributed by atoms with Crippen molar-refractivity contribution >= 4 is 46.5 Å². The van der Waals surface area contributed by atoms with Crippen molar-refractivity contribution in [1.29, 1.82) is 0 Å². The number of imide groups is 2. The molecule has 2 aromatic rings. The van der Waals surface area contributed by atoms with E-state index >= 15 is 0 Å². The van der Waals surface area contributed by atoms with Crippen LogP contribution < -0.4 is 20.1 Å². The average Bonchev–Trinajstić information content (AvgIpc) is 2.63. The predicted octanol–water partition coefficient (Wildman–Crippen LogP) is 2.94. The van der Waals surface area contributed by atoms with Gasteiger partial charge in [-0.3, -0.25) is 20.2 Å². The van der Waals surface area contributed by atoms with Crippen LogP contribution in [0, 0.1) is 10.5 Å². The summed E-state index contributed by atoms with van der Waals surface area (Å²) < 4.78 is 12.1. The molecule has 0 atom stereocenters. The van der Waals surface area contributed by atoms with Crippen molar-refractivity contribution in [2.24, 2.45) is 0 Å². The zero-order chi connectivity index (χ0) is 20.3. The van der Waals surface area contributed by atoms with Crippen LogP contribution in [0.5, 0.6) is 11.5 Å². The van der Waals surface area contributed by atoms with E-state index in [1.54, 1.807) is 12.1 Å². The molecule has 2 N–H and O–H groups in total. The number of amides is 4. The van der Waals surface area contributed by atoms with Gasteiger partial charge in [0, 0.05) is 0 Å². The van der Waals surface area contributed by atoms with Gasteiger partial charge in [-0.15, -0.1) is 0 Å². The van der Waals surface area contributed by atoms with E-state index in [4.69, 9.17) is 9.47 Å². The Labute approximate surface area is 175 Å². The predicted molar refractivity (Wildman–Crippen MR) is 111 cm³/mol. The molecule has 4 amide bonds. The summed E-state index contributed by atoms with van der Waals surface area (Å²) in [5.74, 6) is -0.455. The van der Waals surface area contributed by atoms with E-state index in [1.165, 1.54) is 13.2 Å². The van der Waals surface area contributed by atoms with Gasteiger partial charge in [0.2, 0.25) is 0 Å². The Bertz CT molecular complexity index is 978. The molecule has 0 aliphatic carbocycles. The van der Waals surface area contributed by atoms with Crippen molar-refractivity contribution in [1.82, 2.24) is 10.6 Å². The number of methoxy groups -OCH3 is 1. The maximum absolute atomic E-state index is 11.9.